The van der Waals surface area contributed by atoms with Gasteiger partial charge in [0, 0.05) is 5.56 Å². The SMILES string of the molecule is Cc1cc(C)c(C(=O)O)c(C)c1OC(O)[C@H]1O[C@@H](n2cc(F)c(=O)[nH]c2=O)[C@H](O)[C@@H]1O. The second kappa shape index (κ2) is 8.23. The first-order valence-corrected chi connectivity index (χ1v) is 9.15. The van der Waals surface area contributed by atoms with Crippen molar-refractivity contribution in [2.75, 3.05) is 0 Å². The van der Waals surface area contributed by atoms with Crippen LogP contribution in [0.4, 0.5) is 4.39 Å². The number of nitrogens with zero attached hydrogens (tertiary/aromatic N) is 1. The molecule has 5 N–H and O–H groups in total. The van der Waals surface area contributed by atoms with Crippen molar-refractivity contribution in [3.63, 3.8) is 0 Å². The number of aryl methyl sites for hydroxylation is 2. The van der Waals surface area contributed by atoms with Crippen LogP contribution in [-0.2, 0) is 4.74 Å². The number of nitrogens with one attached hydrogen (secondary N) is 1. The number of carboxylic acid groups (broad SMARTS) is 1. The first-order valence-electron chi connectivity index (χ1n) is 9.15. The number of aromatic carboxylic acids is 1. The smallest absolute Gasteiger partial charge is 0.336 e. The fourth-order valence-corrected chi connectivity index (χ4v) is 3.67. The molecule has 1 aromatic heterocycles. The van der Waals surface area contributed by atoms with Crippen LogP contribution in [0.25, 0.3) is 0 Å². The average molecular weight is 440 g/mol. The number of aromatic nitrogens is 2. The van der Waals surface area contributed by atoms with Crippen molar-refractivity contribution in [1.29, 1.82) is 0 Å². The van der Waals surface area contributed by atoms with Crippen LogP contribution < -0.4 is 16.0 Å². The number of hydrogen-bond donors (Lipinski definition) is 5. The maximum atomic E-state index is 13.6. The van der Waals surface area contributed by atoms with Crippen LogP contribution in [0, 0.1) is 26.6 Å². The van der Waals surface area contributed by atoms with E-state index in [-0.39, 0.29) is 16.9 Å². The van der Waals surface area contributed by atoms with Crippen LogP contribution in [0.3, 0.4) is 0 Å². The highest BCUT2D eigenvalue weighted by Gasteiger charge is 2.48. The van der Waals surface area contributed by atoms with Gasteiger partial charge >= 0.3 is 11.7 Å². The Morgan fingerprint density at radius 3 is 2.48 bits per heavy atom. The quantitative estimate of drug-likeness (QED) is 0.378. The van der Waals surface area contributed by atoms with Gasteiger partial charge in [0.25, 0.3) is 5.56 Å². The molecule has 5 atom stereocenters. The van der Waals surface area contributed by atoms with E-state index in [0.717, 1.165) is 0 Å². The number of aliphatic hydroxyl groups excluding tert-OH is 3. The Balaban J connectivity index is 1.90. The van der Waals surface area contributed by atoms with Crippen molar-refractivity contribution in [2.24, 2.45) is 0 Å². The summed E-state index contributed by atoms with van der Waals surface area (Å²) in [6, 6.07) is 1.55. The fourth-order valence-electron chi connectivity index (χ4n) is 3.67. The zero-order valence-corrected chi connectivity index (χ0v) is 16.7. The van der Waals surface area contributed by atoms with Gasteiger partial charge in [0.1, 0.15) is 18.0 Å². The molecule has 0 radical (unpaired) electrons. The lowest BCUT2D eigenvalue weighted by atomic mass is 9.98. The lowest BCUT2D eigenvalue weighted by molar-refractivity contribution is -0.155. The minimum Gasteiger partial charge on any atom is -0.478 e. The van der Waals surface area contributed by atoms with Gasteiger partial charge in [-0.1, -0.05) is 6.07 Å². The van der Waals surface area contributed by atoms with Crippen LogP contribution in [-0.4, -0.2) is 60.5 Å². The minimum atomic E-state index is -1.89. The maximum Gasteiger partial charge on any atom is 0.336 e. The first-order chi connectivity index (χ1) is 14.4. The third kappa shape index (κ3) is 3.97. The predicted molar refractivity (Wildman–Crippen MR) is 101 cm³/mol. The lowest BCUT2D eigenvalue weighted by Crippen LogP contribution is -2.42. The van der Waals surface area contributed by atoms with Crippen molar-refractivity contribution in [3.8, 4) is 5.75 Å². The molecule has 1 aliphatic rings. The summed E-state index contributed by atoms with van der Waals surface area (Å²) in [6.45, 7) is 4.72. The average Bonchev–Trinajstić information content (AvgIpc) is 2.96. The molecule has 3 rings (SSSR count). The molecule has 0 bridgehead atoms. The standard InChI is InChI=1S/C19H21FN2O9/c1-6-4-7(2)13(8(3)10(6)17(26)27)31-18(28)14-11(23)12(24)16(30-14)22-5-9(20)15(25)21-19(22)29/h4-5,11-12,14,16,18,23-24,28H,1-3H3,(H,26,27)(H,21,25,29)/t11-,12+,14-,16+,18?/m0/s1. The summed E-state index contributed by atoms with van der Waals surface area (Å²) in [7, 11) is 0. The summed E-state index contributed by atoms with van der Waals surface area (Å²) in [6.07, 6.45) is -8.14. The molecule has 1 unspecified atom stereocenters. The molecule has 12 heteroatoms. The number of rotatable bonds is 5. The van der Waals surface area contributed by atoms with Gasteiger partial charge < -0.3 is 29.9 Å². The zero-order valence-electron chi connectivity index (χ0n) is 16.7. The van der Waals surface area contributed by atoms with Crippen LogP contribution >= 0.6 is 0 Å². The topological polar surface area (TPSA) is 171 Å². The Bertz CT molecular complexity index is 1140. The molecule has 0 spiro atoms. The summed E-state index contributed by atoms with van der Waals surface area (Å²) in [5.74, 6) is -2.48. The normalized spacial score (nSPS) is 24.2. The highest BCUT2D eigenvalue weighted by Crippen LogP contribution is 2.34. The first kappa shape index (κ1) is 22.6. The lowest BCUT2D eigenvalue weighted by Gasteiger charge is -2.24. The van der Waals surface area contributed by atoms with Gasteiger partial charge in [0.05, 0.1) is 11.8 Å². The molecule has 11 nitrogen and oxygen atoms in total. The number of H-pyrrole nitrogens is 1. The number of carboxylic acids is 1. The number of ether oxygens (including phenoxy) is 2. The largest absolute Gasteiger partial charge is 0.478 e. The number of aliphatic hydroxyl groups is 3. The molecule has 1 saturated heterocycles. The molecule has 2 heterocycles. The van der Waals surface area contributed by atoms with Crippen LogP contribution in [0.5, 0.6) is 5.75 Å². The van der Waals surface area contributed by atoms with E-state index in [4.69, 9.17) is 9.47 Å². The molecule has 1 fully saturated rings. The number of hydrogen-bond acceptors (Lipinski definition) is 8. The van der Waals surface area contributed by atoms with E-state index in [1.807, 2.05) is 0 Å². The van der Waals surface area contributed by atoms with Gasteiger partial charge in [0.2, 0.25) is 12.1 Å². The van der Waals surface area contributed by atoms with Crippen molar-refractivity contribution in [3.05, 3.63) is 61.2 Å². The molecule has 31 heavy (non-hydrogen) atoms. The number of carbonyl (C=O) groups is 1. The van der Waals surface area contributed by atoms with Crippen LogP contribution in [0.15, 0.2) is 21.9 Å². The third-order valence-corrected chi connectivity index (χ3v) is 5.11. The van der Waals surface area contributed by atoms with E-state index in [1.54, 1.807) is 24.9 Å². The summed E-state index contributed by atoms with van der Waals surface area (Å²) in [5, 5.41) is 40.4. The van der Waals surface area contributed by atoms with Gasteiger partial charge in [-0.25, -0.2) is 9.59 Å². The predicted octanol–water partition coefficient (Wildman–Crippen LogP) is -0.684. The summed E-state index contributed by atoms with van der Waals surface area (Å²) in [5.41, 5.74) is -1.18. The molecular formula is C19H21FN2O9. The molecular weight excluding hydrogens is 419 g/mol. The van der Waals surface area contributed by atoms with Gasteiger partial charge in [-0.15, -0.1) is 0 Å². The fraction of sp³-hybridized carbons (Fsp3) is 0.421. The van der Waals surface area contributed by atoms with Gasteiger partial charge in [-0.3, -0.25) is 14.3 Å². The van der Waals surface area contributed by atoms with Gasteiger partial charge in [0.15, 0.2) is 12.3 Å². The van der Waals surface area contributed by atoms with E-state index in [1.165, 1.54) is 6.92 Å². The molecule has 0 aliphatic carbocycles. The molecule has 0 amide bonds. The van der Waals surface area contributed by atoms with Gasteiger partial charge in [-0.2, -0.15) is 4.39 Å². The Labute approximate surface area is 173 Å². The summed E-state index contributed by atoms with van der Waals surface area (Å²) in [4.78, 5) is 36.4. The third-order valence-electron chi connectivity index (χ3n) is 5.11. The van der Waals surface area contributed by atoms with Crippen molar-refractivity contribution < 1.29 is 39.1 Å². The van der Waals surface area contributed by atoms with Crippen LogP contribution in [0.1, 0.15) is 33.3 Å². The second-order valence-electron chi connectivity index (χ2n) is 7.27. The molecule has 1 aliphatic heterocycles. The second-order valence-corrected chi connectivity index (χ2v) is 7.27. The Morgan fingerprint density at radius 2 is 1.87 bits per heavy atom. The van der Waals surface area contributed by atoms with E-state index >= 15 is 0 Å². The van der Waals surface area contributed by atoms with E-state index in [0.29, 0.717) is 21.9 Å². The van der Waals surface area contributed by atoms with Gasteiger partial charge in [-0.05, 0) is 31.9 Å². The van der Waals surface area contributed by atoms with Crippen LogP contribution in [0.2, 0.25) is 0 Å². The minimum absolute atomic E-state index is 0.0196. The van der Waals surface area contributed by atoms with Crippen molar-refractivity contribution in [2.45, 2.75) is 51.6 Å². The van der Waals surface area contributed by atoms with E-state index < -0.39 is 53.9 Å². The Kier molecular flexibility index (Phi) is 6.00. The van der Waals surface area contributed by atoms with Crippen molar-refractivity contribution in [1.82, 2.24) is 9.55 Å². The zero-order chi connectivity index (χ0) is 23.2. The van der Waals surface area contributed by atoms with E-state index in [9.17, 15) is 39.2 Å². The monoisotopic (exact) mass is 440 g/mol. The molecule has 0 saturated carbocycles. The Morgan fingerprint density at radius 1 is 1.23 bits per heavy atom. The summed E-state index contributed by atoms with van der Waals surface area (Å²) >= 11 is 0. The highest BCUT2D eigenvalue weighted by atomic mass is 19.1. The molecule has 1 aromatic carbocycles. The molecule has 2 aromatic rings. The number of halogens is 1. The number of aromatic amines is 1. The highest BCUT2D eigenvalue weighted by molar-refractivity contribution is 5.92. The molecule has 168 valence electrons. The maximum absolute atomic E-state index is 13.6. The van der Waals surface area contributed by atoms with Crippen molar-refractivity contribution >= 4 is 5.97 Å². The van der Waals surface area contributed by atoms with E-state index in [2.05, 4.69) is 0 Å². The summed E-state index contributed by atoms with van der Waals surface area (Å²) < 4.78 is 24.9. The number of benzene rings is 1. The Hall–Kier alpha value is -3.06.